The maximum absolute atomic E-state index is 11.7. The molecule has 2 rings (SSSR count). The van der Waals surface area contributed by atoms with Crippen molar-refractivity contribution < 1.29 is 4.79 Å². The van der Waals surface area contributed by atoms with E-state index < -0.39 is 0 Å². The van der Waals surface area contributed by atoms with Gasteiger partial charge in [-0.1, -0.05) is 48.2 Å². The summed E-state index contributed by atoms with van der Waals surface area (Å²) in [6.45, 7) is 2.10. The van der Waals surface area contributed by atoms with Crippen molar-refractivity contribution >= 4 is 40.6 Å². The molecule has 1 aliphatic rings. The van der Waals surface area contributed by atoms with E-state index in [-0.39, 0.29) is 5.25 Å². The highest BCUT2D eigenvalue weighted by Crippen LogP contribution is 2.35. The van der Waals surface area contributed by atoms with Crippen LogP contribution in [0.3, 0.4) is 0 Å². The molecule has 1 aliphatic carbocycles. The number of carbonyl (C=O) groups excluding carboxylic acids is 1. The molecular weight excluding hydrogens is 260 g/mol. The molecule has 1 heterocycles. The molecule has 0 aliphatic heterocycles. The Balaban J connectivity index is 1.94. The quantitative estimate of drug-likeness (QED) is 0.788. The lowest BCUT2D eigenvalue weighted by molar-refractivity contribution is -0.119. The zero-order valence-corrected chi connectivity index (χ0v) is 11.6. The molecular formula is C10H14N2OS3. The van der Waals surface area contributed by atoms with Crippen LogP contribution in [0.2, 0.25) is 0 Å². The summed E-state index contributed by atoms with van der Waals surface area (Å²) in [6.07, 6.45) is 3.97. The van der Waals surface area contributed by atoms with Crippen molar-refractivity contribution in [1.29, 1.82) is 0 Å². The van der Waals surface area contributed by atoms with Crippen LogP contribution >= 0.6 is 34.9 Å². The SMILES string of the molecule is CCSc1nnc(S[C@H]2CCCCC2=O)s1. The highest BCUT2D eigenvalue weighted by molar-refractivity contribution is 8.03. The van der Waals surface area contributed by atoms with Gasteiger partial charge >= 0.3 is 0 Å². The van der Waals surface area contributed by atoms with Gasteiger partial charge in [-0.05, 0) is 18.6 Å². The lowest BCUT2D eigenvalue weighted by atomic mass is 9.99. The molecule has 1 aromatic rings. The van der Waals surface area contributed by atoms with E-state index in [1.165, 1.54) is 6.42 Å². The van der Waals surface area contributed by atoms with Crippen molar-refractivity contribution in [2.45, 2.75) is 46.5 Å². The largest absolute Gasteiger partial charge is 0.298 e. The molecule has 0 aromatic carbocycles. The molecule has 0 amide bonds. The number of hydrogen-bond donors (Lipinski definition) is 0. The number of ketones is 1. The summed E-state index contributed by atoms with van der Waals surface area (Å²) in [5, 5.41) is 8.34. The minimum absolute atomic E-state index is 0.126. The van der Waals surface area contributed by atoms with Gasteiger partial charge in [-0.25, -0.2) is 0 Å². The van der Waals surface area contributed by atoms with Crippen LogP contribution in [0, 0.1) is 0 Å². The molecule has 0 unspecified atom stereocenters. The third-order valence-corrected chi connectivity index (χ3v) is 5.74. The van der Waals surface area contributed by atoms with E-state index in [4.69, 9.17) is 0 Å². The monoisotopic (exact) mass is 274 g/mol. The first-order valence-electron chi connectivity index (χ1n) is 5.45. The summed E-state index contributed by atoms with van der Waals surface area (Å²) in [5.41, 5.74) is 0. The average molecular weight is 274 g/mol. The van der Waals surface area contributed by atoms with Crippen molar-refractivity contribution in [3.63, 3.8) is 0 Å². The van der Waals surface area contributed by atoms with Gasteiger partial charge in [0.05, 0.1) is 5.25 Å². The van der Waals surface area contributed by atoms with Crippen LogP contribution in [0.15, 0.2) is 8.68 Å². The Morgan fingerprint density at radius 2 is 2.19 bits per heavy atom. The Morgan fingerprint density at radius 1 is 1.38 bits per heavy atom. The fourth-order valence-electron chi connectivity index (χ4n) is 1.62. The van der Waals surface area contributed by atoms with Gasteiger partial charge in [0.25, 0.3) is 0 Å². The molecule has 1 fully saturated rings. The van der Waals surface area contributed by atoms with E-state index in [0.717, 1.165) is 33.7 Å². The molecule has 0 radical (unpaired) electrons. The Morgan fingerprint density at radius 3 is 2.94 bits per heavy atom. The van der Waals surface area contributed by atoms with Crippen LogP contribution in [0.5, 0.6) is 0 Å². The number of aromatic nitrogens is 2. The first kappa shape index (κ1) is 12.4. The topological polar surface area (TPSA) is 42.9 Å². The fourth-order valence-corrected chi connectivity index (χ4v) is 4.91. The number of nitrogens with zero attached hydrogens (tertiary/aromatic N) is 2. The molecule has 1 atom stereocenters. The summed E-state index contributed by atoms with van der Waals surface area (Å²) in [5.74, 6) is 1.40. The van der Waals surface area contributed by atoms with E-state index in [0.29, 0.717) is 5.78 Å². The van der Waals surface area contributed by atoms with Gasteiger partial charge in [0.2, 0.25) is 0 Å². The Bertz CT molecular complexity index is 367. The smallest absolute Gasteiger partial charge is 0.175 e. The van der Waals surface area contributed by atoms with Crippen LogP contribution < -0.4 is 0 Å². The van der Waals surface area contributed by atoms with Crippen molar-refractivity contribution in [1.82, 2.24) is 10.2 Å². The van der Waals surface area contributed by atoms with Crippen molar-refractivity contribution in [3.8, 4) is 0 Å². The first-order valence-corrected chi connectivity index (χ1v) is 8.13. The van der Waals surface area contributed by atoms with Crippen molar-refractivity contribution in [2.75, 3.05) is 5.75 Å². The van der Waals surface area contributed by atoms with Gasteiger partial charge in [0.15, 0.2) is 8.68 Å². The zero-order chi connectivity index (χ0) is 11.4. The molecule has 0 N–H and O–H groups in total. The summed E-state index contributed by atoms with van der Waals surface area (Å²) in [7, 11) is 0. The number of carbonyl (C=O) groups is 1. The van der Waals surface area contributed by atoms with Gasteiger partial charge in [-0.15, -0.1) is 10.2 Å². The summed E-state index contributed by atoms with van der Waals surface area (Å²) < 4.78 is 1.95. The molecule has 1 saturated carbocycles. The minimum Gasteiger partial charge on any atom is -0.298 e. The van der Waals surface area contributed by atoms with Gasteiger partial charge in [-0.2, -0.15) is 0 Å². The summed E-state index contributed by atoms with van der Waals surface area (Å²) in [6, 6.07) is 0. The molecule has 0 bridgehead atoms. The molecule has 0 saturated heterocycles. The minimum atomic E-state index is 0.126. The Kier molecular flexibility index (Phi) is 4.66. The molecule has 6 heteroatoms. The highest BCUT2D eigenvalue weighted by Gasteiger charge is 2.24. The third kappa shape index (κ3) is 3.21. The number of hydrogen-bond acceptors (Lipinski definition) is 6. The maximum atomic E-state index is 11.7. The summed E-state index contributed by atoms with van der Waals surface area (Å²) >= 11 is 4.91. The average Bonchev–Trinajstić information content (AvgIpc) is 2.70. The predicted octanol–water partition coefficient (Wildman–Crippen LogP) is 3.25. The second kappa shape index (κ2) is 6.02. The van der Waals surface area contributed by atoms with E-state index in [1.54, 1.807) is 34.9 Å². The number of thioether (sulfide) groups is 2. The second-order valence-corrected chi connectivity index (χ2v) is 7.52. The van der Waals surface area contributed by atoms with Crippen LogP contribution in [-0.4, -0.2) is 27.0 Å². The summed E-state index contributed by atoms with van der Waals surface area (Å²) in [4.78, 5) is 11.7. The molecule has 1 aromatic heterocycles. The second-order valence-electron chi connectivity index (χ2n) is 3.59. The van der Waals surface area contributed by atoms with E-state index in [1.807, 2.05) is 0 Å². The predicted molar refractivity (Wildman–Crippen MR) is 69.4 cm³/mol. The van der Waals surface area contributed by atoms with Crippen molar-refractivity contribution in [3.05, 3.63) is 0 Å². The van der Waals surface area contributed by atoms with Crippen LogP contribution in [0.1, 0.15) is 32.6 Å². The maximum Gasteiger partial charge on any atom is 0.175 e. The highest BCUT2D eigenvalue weighted by atomic mass is 32.2. The lowest BCUT2D eigenvalue weighted by Gasteiger charge is -2.17. The van der Waals surface area contributed by atoms with E-state index in [9.17, 15) is 4.79 Å². The third-order valence-electron chi connectivity index (χ3n) is 2.40. The Hall–Kier alpha value is -0.0700. The van der Waals surface area contributed by atoms with Gasteiger partial charge in [0, 0.05) is 6.42 Å². The van der Waals surface area contributed by atoms with Gasteiger partial charge in [-0.3, -0.25) is 4.79 Å². The number of Topliss-reactive ketones (excluding diaryl/α,β-unsaturated/α-hetero) is 1. The van der Waals surface area contributed by atoms with Gasteiger partial charge in [0.1, 0.15) is 5.78 Å². The normalized spacial score (nSPS) is 21.3. The van der Waals surface area contributed by atoms with Crippen molar-refractivity contribution in [2.24, 2.45) is 0 Å². The Labute approximate surface area is 108 Å². The van der Waals surface area contributed by atoms with Gasteiger partial charge < -0.3 is 0 Å². The van der Waals surface area contributed by atoms with E-state index >= 15 is 0 Å². The molecule has 88 valence electrons. The molecule has 0 spiro atoms. The lowest BCUT2D eigenvalue weighted by Crippen LogP contribution is -2.21. The molecule has 3 nitrogen and oxygen atoms in total. The first-order chi connectivity index (χ1) is 7.79. The van der Waals surface area contributed by atoms with Crippen LogP contribution in [-0.2, 0) is 4.79 Å². The van der Waals surface area contributed by atoms with Crippen LogP contribution in [0.4, 0.5) is 0 Å². The molecule has 16 heavy (non-hydrogen) atoms. The van der Waals surface area contributed by atoms with Crippen LogP contribution in [0.25, 0.3) is 0 Å². The number of rotatable bonds is 4. The zero-order valence-electron chi connectivity index (χ0n) is 9.14. The fraction of sp³-hybridized carbons (Fsp3) is 0.700. The standard InChI is InChI=1S/C10H14N2OS3/c1-2-14-9-11-12-10(16-9)15-8-6-4-3-5-7(8)13/h8H,2-6H2,1H3/t8-/m0/s1. The van der Waals surface area contributed by atoms with E-state index in [2.05, 4.69) is 17.1 Å².